The predicted molar refractivity (Wildman–Crippen MR) is 68.5 cm³/mol. The molecule has 0 radical (unpaired) electrons. The van der Waals surface area contributed by atoms with Crippen LogP contribution in [0.2, 0.25) is 0 Å². The SMILES string of the molecule is COC1C(Br)CC1Oc1cccc(C)c1C. The highest BCUT2D eigenvalue weighted by atomic mass is 79.9. The van der Waals surface area contributed by atoms with Crippen LogP contribution in [0.5, 0.6) is 5.75 Å². The third-order valence-corrected chi connectivity index (χ3v) is 4.18. The summed E-state index contributed by atoms with van der Waals surface area (Å²) in [5.74, 6) is 0.978. The van der Waals surface area contributed by atoms with Gasteiger partial charge < -0.3 is 9.47 Å². The monoisotopic (exact) mass is 284 g/mol. The highest BCUT2D eigenvalue weighted by molar-refractivity contribution is 9.09. The van der Waals surface area contributed by atoms with Gasteiger partial charge in [-0.3, -0.25) is 0 Å². The van der Waals surface area contributed by atoms with Crippen LogP contribution in [0.15, 0.2) is 18.2 Å². The zero-order valence-corrected chi connectivity index (χ0v) is 11.5. The van der Waals surface area contributed by atoms with Crippen LogP contribution in [0.3, 0.4) is 0 Å². The van der Waals surface area contributed by atoms with Crippen LogP contribution in [0.4, 0.5) is 0 Å². The van der Waals surface area contributed by atoms with E-state index in [4.69, 9.17) is 9.47 Å². The molecule has 1 fully saturated rings. The lowest BCUT2D eigenvalue weighted by atomic mass is 9.91. The van der Waals surface area contributed by atoms with E-state index in [2.05, 4.69) is 35.8 Å². The van der Waals surface area contributed by atoms with Crippen molar-refractivity contribution in [2.24, 2.45) is 0 Å². The Kier molecular flexibility index (Phi) is 3.55. The Balaban J connectivity index is 2.07. The van der Waals surface area contributed by atoms with E-state index < -0.39 is 0 Å². The summed E-state index contributed by atoms with van der Waals surface area (Å²) in [5, 5.41) is 0. The van der Waals surface area contributed by atoms with E-state index in [1.807, 2.05) is 12.1 Å². The van der Waals surface area contributed by atoms with Gasteiger partial charge >= 0.3 is 0 Å². The van der Waals surface area contributed by atoms with E-state index in [1.165, 1.54) is 11.1 Å². The summed E-state index contributed by atoms with van der Waals surface area (Å²) in [6.45, 7) is 4.20. The molecule has 0 spiro atoms. The van der Waals surface area contributed by atoms with Crippen molar-refractivity contribution in [3.05, 3.63) is 29.3 Å². The van der Waals surface area contributed by atoms with Gasteiger partial charge in [-0.15, -0.1) is 0 Å². The number of ether oxygens (including phenoxy) is 2. The summed E-state index contributed by atoms with van der Waals surface area (Å²) in [5.41, 5.74) is 2.48. The summed E-state index contributed by atoms with van der Waals surface area (Å²) >= 11 is 3.57. The van der Waals surface area contributed by atoms with Crippen LogP contribution in [0.1, 0.15) is 17.5 Å². The number of hydrogen-bond donors (Lipinski definition) is 0. The zero-order valence-electron chi connectivity index (χ0n) is 9.87. The van der Waals surface area contributed by atoms with Crippen molar-refractivity contribution >= 4 is 15.9 Å². The predicted octanol–water partition coefficient (Wildman–Crippen LogP) is 3.23. The number of hydrogen-bond acceptors (Lipinski definition) is 2. The molecule has 0 aliphatic heterocycles. The zero-order chi connectivity index (χ0) is 11.7. The number of rotatable bonds is 3. The van der Waals surface area contributed by atoms with Crippen molar-refractivity contribution in [3.8, 4) is 5.75 Å². The molecule has 16 heavy (non-hydrogen) atoms. The lowest BCUT2D eigenvalue weighted by Crippen LogP contribution is -2.51. The molecular weight excluding hydrogens is 268 g/mol. The first-order valence-electron chi connectivity index (χ1n) is 5.53. The lowest BCUT2D eigenvalue weighted by Gasteiger charge is -2.40. The van der Waals surface area contributed by atoms with E-state index >= 15 is 0 Å². The highest BCUT2D eigenvalue weighted by Crippen LogP contribution is 2.34. The summed E-state index contributed by atoms with van der Waals surface area (Å²) in [7, 11) is 1.73. The van der Waals surface area contributed by atoms with Crippen LogP contribution in [0, 0.1) is 13.8 Å². The first-order valence-corrected chi connectivity index (χ1v) is 6.44. The van der Waals surface area contributed by atoms with Gasteiger partial charge in [0, 0.05) is 18.4 Å². The second kappa shape index (κ2) is 4.76. The third kappa shape index (κ3) is 2.11. The van der Waals surface area contributed by atoms with Crippen LogP contribution < -0.4 is 4.74 Å². The Morgan fingerprint density at radius 3 is 2.69 bits per heavy atom. The first kappa shape index (κ1) is 11.9. The minimum Gasteiger partial charge on any atom is -0.487 e. The molecule has 1 aliphatic carbocycles. The molecule has 2 nitrogen and oxygen atoms in total. The van der Waals surface area contributed by atoms with Gasteiger partial charge in [-0.1, -0.05) is 28.1 Å². The minimum absolute atomic E-state index is 0.167. The summed E-state index contributed by atoms with van der Waals surface area (Å²) in [6.07, 6.45) is 1.35. The van der Waals surface area contributed by atoms with Crippen LogP contribution in [-0.4, -0.2) is 24.1 Å². The lowest BCUT2D eigenvalue weighted by molar-refractivity contribution is -0.0547. The summed E-state index contributed by atoms with van der Waals surface area (Å²) in [6, 6.07) is 6.16. The van der Waals surface area contributed by atoms with Gasteiger partial charge in [0.2, 0.25) is 0 Å². The maximum Gasteiger partial charge on any atom is 0.127 e. The third-order valence-electron chi connectivity index (χ3n) is 3.29. The summed E-state index contributed by atoms with van der Waals surface area (Å²) < 4.78 is 11.4. The van der Waals surface area contributed by atoms with Crippen molar-refractivity contribution in [1.82, 2.24) is 0 Å². The Labute approximate surface area is 105 Å². The average molecular weight is 285 g/mol. The molecule has 0 heterocycles. The normalized spacial score (nSPS) is 28.6. The molecule has 0 aromatic heterocycles. The molecule has 88 valence electrons. The molecule has 0 saturated heterocycles. The fourth-order valence-corrected chi connectivity index (χ4v) is 2.88. The summed E-state index contributed by atoms with van der Waals surface area (Å²) in [4.78, 5) is 0.424. The van der Waals surface area contributed by atoms with Gasteiger partial charge in [-0.05, 0) is 31.0 Å². The molecule has 3 atom stereocenters. The van der Waals surface area contributed by atoms with Gasteiger partial charge in [-0.2, -0.15) is 0 Å². The second-order valence-electron chi connectivity index (χ2n) is 4.31. The molecule has 3 unspecified atom stereocenters. The second-order valence-corrected chi connectivity index (χ2v) is 5.48. The van der Waals surface area contributed by atoms with Gasteiger partial charge in [0.1, 0.15) is 18.0 Å². The largest absolute Gasteiger partial charge is 0.487 e. The molecule has 0 bridgehead atoms. The number of alkyl halides is 1. The van der Waals surface area contributed by atoms with Crippen LogP contribution in [-0.2, 0) is 4.74 Å². The first-order chi connectivity index (χ1) is 7.63. The van der Waals surface area contributed by atoms with E-state index in [9.17, 15) is 0 Å². The van der Waals surface area contributed by atoms with Crippen molar-refractivity contribution < 1.29 is 9.47 Å². The maximum atomic E-state index is 5.98. The smallest absolute Gasteiger partial charge is 0.127 e. The number of halogens is 1. The molecule has 1 aliphatic rings. The van der Waals surface area contributed by atoms with Crippen molar-refractivity contribution in [2.75, 3.05) is 7.11 Å². The molecule has 1 aromatic carbocycles. The Morgan fingerprint density at radius 2 is 2.06 bits per heavy atom. The average Bonchev–Trinajstić information content (AvgIpc) is 2.24. The molecule has 0 N–H and O–H groups in total. The molecule has 1 saturated carbocycles. The van der Waals surface area contributed by atoms with E-state index in [0.29, 0.717) is 4.83 Å². The Bertz CT molecular complexity index is 378. The van der Waals surface area contributed by atoms with Crippen molar-refractivity contribution in [2.45, 2.75) is 37.3 Å². The maximum absolute atomic E-state index is 5.98. The number of benzene rings is 1. The van der Waals surface area contributed by atoms with Gasteiger partial charge in [0.25, 0.3) is 0 Å². The highest BCUT2D eigenvalue weighted by Gasteiger charge is 2.41. The van der Waals surface area contributed by atoms with Crippen LogP contribution >= 0.6 is 15.9 Å². The van der Waals surface area contributed by atoms with Gasteiger partial charge in [0.05, 0.1) is 0 Å². The van der Waals surface area contributed by atoms with Crippen LogP contribution in [0.25, 0.3) is 0 Å². The van der Waals surface area contributed by atoms with Gasteiger partial charge in [0.15, 0.2) is 0 Å². The molecule has 1 aromatic rings. The Morgan fingerprint density at radius 1 is 1.31 bits per heavy atom. The van der Waals surface area contributed by atoms with Crippen molar-refractivity contribution in [1.29, 1.82) is 0 Å². The Hall–Kier alpha value is -0.540. The molecule has 2 rings (SSSR count). The fourth-order valence-electron chi connectivity index (χ4n) is 1.96. The minimum atomic E-state index is 0.167. The van der Waals surface area contributed by atoms with E-state index in [-0.39, 0.29) is 12.2 Å². The molecular formula is C13H17BrO2. The quantitative estimate of drug-likeness (QED) is 0.794. The number of methoxy groups -OCH3 is 1. The standard InChI is InChI=1S/C13H17BrO2/c1-8-5-4-6-11(9(8)2)16-12-7-10(14)13(12)15-3/h4-6,10,12-13H,7H2,1-3H3. The molecule has 0 amide bonds. The number of aryl methyl sites for hydroxylation is 1. The molecule has 3 heteroatoms. The van der Waals surface area contributed by atoms with E-state index in [1.54, 1.807) is 7.11 Å². The van der Waals surface area contributed by atoms with Crippen molar-refractivity contribution in [3.63, 3.8) is 0 Å². The van der Waals surface area contributed by atoms with E-state index in [0.717, 1.165) is 12.2 Å². The fraction of sp³-hybridized carbons (Fsp3) is 0.538. The van der Waals surface area contributed by atoms with Gasteiger partial charge in [-0.25, -0.2) is 0 Å². The topological polar surface area (TPSA) is 18.5 Å².